The standard InChI is InChI=1S/C18H25N5OS/c1-12(2)15-19-8-13(9-20-15)7-14-5-6-17(3,4)18(14,24)10-23-16(25)21-11-22-23/h7-9,11-12,24H,5-6,10H2,1-4H3,(H,21,22,25). The summed E-state index contributed by atoms with van der Waals surface area (Å²) in [4.78, 5) is 12.9. The Labute approximate surface area is 153 Å². The lowest BCUT2D eigenvalue weighted by atomic mass is 9.76. The molecule has 0 aliphatic heterocycles. The fourth-order valence-electron chi connectivity index (χ4n) is 3.35. The van der Waals surface area contributed by atoms with Gasteiger partial charge in [-0.2, -0.15) is 0 Å². The minimum absolute atomic E-state index is 0.266. The van der Waals surface area contributed by atoms with Gasteiger partial charge in [0, 0.05) is 23.9 Å². The molecule has 25 heavy (non-hydrogen) atoms. The van der Waals surface area contributed by atoms with Crippen LogP contribution in [0.5, 0.6) is 0 Å². The van der Waals surface area contributed by atoms with E-state index in [4.69, 9.17) is 12.2 Å². The van der Waals surface area contributed by atoms with E-state index in [0.717, 1.165) is 29.8 Å². The molecule has 1 atom stereocenters. The fraction of sp³-hybridized carbons (Fsp3) is 0.556. The lowest BCUT2D eigenvalue weighted by Gasteiger charge is -2.37. The summed E-state index contributed by atoms with van der Waals surface area (Å²) in [5.74, 6) is 1.12. The average Bonchev–Trinajstić information content (AvgIpc) is 3.04. The van der Waals surface area contributed by atoms with Gasteiger partial charge < -0.3 is 5.11 Å². The topological polar surface area (TPSA) is 79.6 Å². The molecule has 2 N–H and O–H groups in total. The van der Waals surface area contributed by atoms with Crippen LogP contribution in [0.15, 0.2) is 24.3 Å². The van der Waals surface area contributed by atoms with Crippen molar-refractivity contribution >= 4 is 18.3 Å². The summed E-state index contributed by atoms with van der Waals surface area (Å²) in [6.07, 6.45) is 8.94. The molecular weight excluding hydrogens is 334 g/mol. The van der Waals surface area contributed by atoms with E-state index in [1.165, 1.54) is 0 Å². The van der Waals surface area contributed by atoms with Gasteiger partial charge in [0.2, 0.25) is 4.77 Å². The summed E-state index contributed by atoms with van der Waals surface area (Å²) < 4.78 is 2.16. The molecular formula is C18H25N5OS. The van der Waals surface area contributed by atoms with Gasteiger partial charge in [0.15, 0.2) is 0 Å². The molecule has 2 heterocycles. The highest BCUT2D eigenvalue weighted by Gasteiger charge is 2.51. The van der Waals surface area contributed by atoms with Crippen molar-refractivity contribution in [1.29, 1.82) is 0 Å². The second-order valence-electron chi connectivity index (χ2n) is 7.70. The van der Waals surface area contributed by atoms with Crippen molar-refractivity contribution in [2.45, 2.75) is 58.6 Å². The smallest absolute Gasteiger partial charge is 0.215 e. The molecule has 1 saturated carbocycles. The molecule has 3 rings (SSSR count). The van der Waals surface area contributed by atoms with Crippen LogP contribution in [-0.2, 0) is 6.54 Å². The summed E-state index contributed by atoms with van der Waals surface area (Å²) >= 11 is 5.22. The molecule has 0 amide bonds. The maximum absolute atomic E-state index is 11.6. The Morgan fingerprint density at radius 3 is 2.56 bits per heavy atom. The van der Waals surface area contributed by atoms with Gasteiger partial charge in [0.25, 0.3) is 0 Å². The van der Waals surface area contributed by atoms with Crippen molar-refractivity contribution < 1.29 is 5.11 Å². The molecule has 0 bridgehead atoms. The molecule has 1 aliphatic rings. The highest BCUT2D eigenvalue weighted by molar-refractivity contribution is 7.71. The number of H-pyrrole nitrogens is 1. The predicted octanol–water partition coefficient (Wildman–Crippen LogP) is 3.49. The zero-order chi connectivity index (χ0) is 18.2. The third-order valence-electron chi connectivity index (χ3n) is 5.23. The largest absolute Gasteiger partial charge is 0.383 e. The Balaban J connectivity index is 1.96. The molecule has 1 fully saturated rings. The van der Waals surface area contributed by atoms with E-state index < -0.39 is 5.60 Å². The summed E-state index contributed by atoms with van der Waals surface area (Å²) in [6.45, 7) is 8.67. The molecule has 0 radical (unpaired) electrons. The van der Waals surface area contributed by atoms with Crippen molar-refractivity contribution in [3.8, 4) is 0 Å². The van der Waals surface area contributed by atoms with E-state index in [2.05, 4.69) is 47.7 Å². The van der Waals surface area contributed by atoms with Crippen molar-refractivity contribution in [2.24, 2.45) is 5.41 Å². The molecule has 1 unspecified atom stereocenters. The summed E-state index contributed by atoms with van der Waals surface area (Å²) in [6, 6.07) is 0. The molecule has 0 aromatic carbocycles. The first kappa shape index (κ1) is 17.9. The number of hydrogen-bond donors (Lipinski definition) is 2. The van der Waals surface area contributed by atoms with Gasteiger partial charge in [-0.3, -0.25) is 9.78 Å². The number of nitrogens with one attached hydrogen (secondary N) is 1. The van der Waals surface area contributed by atoms with Gasteiger partial charge >= 0.3 is 0 Å². The minimum Gasteiger partial charge on any atom is -0.383 e. The van der Waals surface area contributed by atoms with E-state index in [1.807, 2.05) is 18.5 Å². The molecule has 134 valence electrons. The number of nitrogens with zero attached hydrogens (tertiary/aromatic N) is 4. The van der Waals surface area contributed by atoms with Gasteiger partial charge in [0.1, 0.15) is 17.8 Å². The number of hydrogen-bond acceptors (Lipinski definition) is 5. The van der Waals surface area contributed by atoms with E-state index in [9.17, 15) is 5.11 Å². The number of aromatic amines is 1. The zero-order valence-corrected chi connectivity index (χ0v) is 16.0. The maximum atomic E-state index is 11.6. The minimum atomic E-state index is -1.01. The zero-order valence-electron chi connectivity index (χ0n) is 15.2. The first-order valence-corrected chi connectivity index (χ1v) is 8.99. The van der Waals surface area contributed by atoms with E-state index in [1.54, 1.807) is 11.0 Å². The lowest BCUT2D eigenvalue weighted by Crippen LogP contribution is -2.45. The van der Waals surface area contributed by atoms with Crippen LogP contribution in [0, 0.1) is 10.2 Å². The first-order valence-electron chi connectivity index (χ1n) is 8.58. The van der Waals surface area contributed by atoms with Gasteiger partial charge in [-0.1, -0.05) is 27.7 Å². The average molecular weight is 359 g/mol. The second-order valence-corrected chi connectivity index (χ2v) is 8.06. The fourth-order valence-corrected chi connectivity index (χ4v) is 3.52. The lowest BCUT2D eigenvalue weighted by molar-refractivity contribution is -0.0301. The Kier molecular flexibility index (Phi) is 4.64. The number of aliphatic hydroxyl groups is 1. The van der Waals surface area contributed by atoms with Gasteiger partial charge in [0.05, 0.1) is 6.54 Å². The normalized spacial score (nSPS) is 24.3. The Bertz CT molecular complexity index is 834. The Morgan fingerprint density at radius 2 is 2.00 bits per heavy atom. The number of aromatic nitrogens is 5. The predicted molar refractivity (Wildman–Crippen MR) is 99.5 cm³/mol. The maximum Gasteiger partial charge on any atom is 0.215 e. The third kappa shape index (κ3) is 3.30. The molecule has 7 heteroatoms. The summed E-state index contributed by atoms with van der Waals surface area (Å²) in [5.41, 5.74) is 0.616. The Morgan fingerprint density at radius 1 is 1.32 bits per heavy atom. The molecule has 0 saturated heterocycles. The SMILES string of the molecule is CC(C)c1ncc(C=C2CCC(C)(C)C2(O)Cn2[nH]cnc2=S)cn1. The Hall–Kier alpha value is -1.86. The third-order valence-corrected chi connectivity index (χ3v) is 5.55. The van der Waals surface area contributed by atoms with Crippen LogP contribution in [0.25, 0.3) is 6.08 Å². The molecule has 0 spiro atoms. The van der Waals surface area contributed by atoms with Crippen molar-refractivity contribution in [1.82, 2.24) is 24.7 Å². The van der Waals surface area contributed by atoms with Crippen LogP contribution in [-0.4, -0.2) is 35.4 Å². The van der Waals surface area contributed by atoms with Crippen LogP contribution in [0.2, 0.25) is 0 Å². The van der Waals surface area contributed by atoms with Gasteiger partial charge in [-0.15, -0.1) is 0 Å². The summed E-state index contributed by atoms with van der Waals surface area (Å²) in [7, 11) is 0. The van der Waals surface area contributed by atoms with Crippen LogP contribution in [0.1, 0.15) is 57.8 Å². The quantitative estimate of drug-likeness (QED) is 0.817. The van der Waals surface area contributed by atoms with Crippen molar-refractivity contribution in [2.75, 3.05) is 0 Å². The molecule has 2 aromatic rings. The second kappa shape index (κ2) is 6.46. The highest BCUT2D eigenvalue weighted by atomic mass is 32.1. The van der Waals surface area contributed by atoms with Crippen LogP contribution < -0.4 is 0 Å². The van der Waals surface area contributed by atoms with E-state index >= 15 is 0 Å². The van der Waals surface area contributed by atoms with Gasteiger partial charge in [-0.25, -0.2) is 15.0 Å². The molecule has 2 aromatic heterocycles. The summed E-state index contributed by atoms with van der Waals surface area (Å²) in [5, 5.41) is 14.5. The van der Waals surface area contributed by atoms with Crippen LogP contribution >= 0.6 is 12.2 Å². The highest BCUT2D eigenvalue weighted by Crippen LogP contribution is 2.50. The molecule has 1 aliphatic carbocycles. The van der Waals surface area contributed by atoms with Crippen molar-refractivity contribution in [3.05, 3.63) is 40.5 Å². The van der Waals surface area contributed by atoms with E-state index in [-0.39, 0.29) is 5.41 Å². The van der Waals surface area contributed by atoms with Crippen LogP contribution in [0.3, 0.4) is 0 Å². The monoisotopic (exact) mass is 359 g/mol. The van der Waals surface area contributed by atoms with Crippen LogP contribution in [0.4, 0.5) is 0 Å². The van der Waals surface area contributed by atoms with Gasteiger partial charge in [-0.05, 0) is 42.1 Å². The number of rotatable bonds is 4. The van der Waals surface area contributed by atoms with E-state index in [0.29, 0.717) is 17.2 Å². The first-order chi connectivity index (χ1) is 11.7. The molecule has 6 nitrogen and oxygen atoms in total. The van der Waals surface area contributed by atoms with Crippen molar-refractivity contribution in [3.63, 3.8) is 0 Å².